The van der Waals surface area contributed by atoms with Crippen LogP contribution in [0.5, 0.6) is 17.2 Å². The number of aryl methyl sites for hydroxylation is 1. The molecule has 4 heterocycles. The molecule has 0 spiro atoms. The summed E-state index contributed by atoms with van der Waals surface area (Å²) < 4.78 is 42.5. The number of phenolic OH excluding ortho intramolecular Hbond substituents is 1. The van der Waals surface area contributed by atoms with Crippen molar-refractivity contribution in [2.75, 3.05) is 32.8 Å². The number of rotatable bonds is 7. The van der Waals surface area contributed by atoms with Crippen molar-refractivity contribution in [2.24, 2.45) is 0 Å². The average Bonchev–Trinajstić information content (AvgIpc) is 3.52. The molecule has 246 valence electrons. The lowest BCUT2D eigenvalue weighted by Crippen LogP contribution is -2.75. The van der Waals surface area contributed by atoms with Gasteiger partial charge in [0.15, 0.2) is 23.8 Å². The predicted molar refractivity (Wildman–Crippen MR) is 154 cm³/mol. The maximum Gasteiger partial charge on any atom is 0.275 e. The van der Waals surface area contributed by atoms with Crippen molar-refractivity contribution in [3.8, 4) is 17.2 Å². The van der Waals surface area contributed by atoms with E-state index < -0.39 is 73.3 Å². The van der Waals surface area contributed by atoms with Crippen molar-refractivity contribution in [3.63, 3.8) is 0 Å². The lowest BCUT2D eigenvalue weighted by atomic mass is 9.76. The van der Waals surface area contributed by atoms with Gasteiger partial charge in [0, 0.05) is 35.4 Å². The van der Waals surface area contributed by atoms with Crippen LogP contribution in [0, 0.1) is 6.92 Å². The Bertz CT molecular complexity index is 1570. The quantitative estimate of drug-likeness (QED) is 0.214. The van der Waals surface area contributed by atoms with Crippen LogP contribution in [0.25, 0.3) is 10.8 Å². The second-order valence-corrected chi connectivity index (χ2v) is 12.7. The van der Waals surface area contributed by atoms with E-state index in [0.29, 0.717) is 40.7 Å². The van der Waals surface area contributed by atoms with E-state index in [0.717, 1.165) is 0 Å². The van der Waals surface area contributed by atoms with Gasteiger partial charge in [-0.25, -0.2) is 0 Å². The van der Waals surface area contributed by atoms with E-state index in [2.05, 4.69) is 15.9 Å². The van der Waals surface area contributed by atoms with E-state index in [-0.39, 0.29) is 40.0 Å². The number of carbonyl (C=O) groups is 1. The first-order valence-electron chi connectivity index (χ1n) is 14.7. The van der Waals surface area contributed by atoms with Crippen LogP contribution in [0.4, 0.5) is 0 Å². The van der Waals surface area contributed by atoms with Crippen LogP contribution < -0.4 is 9.47 Å². The second-order valence-electron chi connectivity index (χ2n) is 12.2. The Kier molecular flexibility index (Phi) is 7.47. The fourth-order valence-corrected chi connectivity index (χ4v) is 8.51. The van der Waals surface area contributed by atoms with Crippen LogP contribution in [0.2, 0.25) is 0 Å². The van der Waals surface area contributed by atoms with E-state index >= 15 is 0 Å². The Labute approximate surface area is 265 Å². The zero-order valence-corrected chi connectivity index (χ0v) is 26.3. The summed E-state index contributed by atoms with van der Waals surface area (Å²) in [5.41, 5.74) is -0.160. The molecule has 0 amide bonds. The van der Waals surface area contributed by atoms with Gasteiger partial charge in [-0.1, -0.05) is 15.9 Å². The Morgan fingerprint density at radius 1 is 1.11 bits per heavy atom. The Balaban J connectivity index is 1.35. The maximum atomic E-state index is 13.1. The normalized spacial score (nSPS) is 39.9. The van der Waals surface area contributed by atoms with Crippen LogP contribution >= 0.6 is 15.9 Å². The number of phenols is 1. The molecule has 14 nitrogen and oxygen atoms in total. The third kappa shape index (κ3) is 3.88. The average molecular weight is 699 g/mol. The topological polar surface area (TPSA) is 203 Å². The van der Waals surface area contributed by atoms with E-state index in [1.807, 2.05) is 13.0 Å². The molecule has 3 fully saturated rings. The highest BCUT2D eigenvalue weighted by Crippen LogP contribution is 2.67. The van der Waals surface area contributed by atoms with Gasteiger partial charge in [0.2, 0.25) is 5.79 Å². The summed E-state index contributed by atoms with van der Waals surface area (Å²) >= 11 is 3.36. The highest BCUT2D eigenvalue weighted by Gasteiger charge is 2.85. The predicted octanol–water partition coefficient (Wildman–Crippen LogP) is 0.225. The zero-order valence-electron chi connectivity index (χ0n) is 24.7. The number of aromatic hydroxyl groups is 1. The summed E-state index contributed by atoms with van der Waals surface area (Å²) in [6, 6.07) is 1.82. The molecule has 5 aliphatic rings. The van der Waals surface area contributed by atoms with Crippen LogP contribution in [0.15, 0.2) is 6.07 Å². The van der Waals surface area contributed by atoms with Gasteiger partial charge in [0.05, 0.1) is 24.7 Å². The number of ketones is 1. The van der Waals surface area contributed by atoms with E-state index in [1.54, 1.807) is 0 Å². The minimum atomic E-state index is -2.14. The molecule has 2 aromatic carbocycles. The first-order valence-corrected chi connectivity index (χ1v) is 15.8. The van der Waals surface area contributed by atoms with Gasteiger partial charge in [-0.05, 0) is 31.4 Å². The first-order chi connectivity index (χ1) is 21.4. The number of aliphatic hydroxyl groups excluding tert-OH is 4. The summed E-state index contributed by atoms with van der Waals surface area (Å²) in [4.78, 5) is 13.1. The largest absolute Gasteiger partial charge is 0.506 e. The SMILES string of the molecule is COc1c2c(c(O)c3c4c(c(C)cc13)C1OC3(COC5OC(CO)C(O)C(O)C5O)OC1[C@@](OC)(O4)[C@@]3(O)CBr)C(=O)CCC2. The third-order valence-corrected chi connectivity index (χ3v) is 10.8. The molecule has 0 saturated carbocycles. The number of fused-ring (bicyclic) bond motifs is 6. The minimum absolute atomic E-state index is 0.137. The number of ether oxygens (including phenoxy) is 7. The number of methoxy groups -OCH3 is 2. The van der Waals surface area contributed by atoms with Gasteiger partial charge in [-0.2, -0.15) is 0 Å². The standard InChI is InChI=1S/C30H35BrO14/c1-11-7-13-18(20(35)17-12(23(13)39-2)5-4-6-14(17)33)24-16(11)25-26-30(40-3,44-24)28(38,9-31)29(43-25,45-26)10-41-27-22(37)21(36)19(34)15(8-32)42-27/h7,15,19,21-22,25-27,32,34-38H,4-6,8-10H2,1-3H3/t15?,19?,21?,22?,25?,26?,27?,28-,29?,30-/m1/s1. The lowest BCUT2D eigenvalue weighted by Gasteiger charge is -2.53. The molecule has 10 atom stereocenters. The number of carbonyl (C=O) groups excluding carboxylic acids is 1. The van der Waals surface area contributed by atoms with Crippen LogP contribution in [-0.2, 0) is 30.1 Å². The van der Waals surface area contributed by atoms with E-state index in [9.17, 15) is 35.4 Å². The highest BCUT2D eigenvalue weighted by molar-refractivity contribution is 9.09. The van der Waals surface area contributed by atoms with Crippen molar-refractivity contribution in [1.29, 1.82) is 0 Å². The Hall–Kier alpha value is -2.15. The molecular weight excluding hydrogens is 664 g/mol. The van der Waals surface area contributed by atoms with E-state index in [4.69, 9.17) is 33.2 Å². The van der Waals surface area contributed by atoms with Crippen molar-refractivity contribution >= 4 is 32.5 Å². The number of benzene rings is 2. The smallest absolute Gasteiger partial charge is 0.275 e. The number of hydrogen-bond acceptors (Lipinski definition) is 14. The molecule has 45 heavy (non-hydrogen) atoms. The van der Waals surface area contributed by atoms with Crippen LogP contribution in [0.1, 0.15) is 46.0 Å². The number of Topliss-reactive ketones (excluding diaryl/α,β-unsaturated/α-hetero) is 1. The summed E-state index contributed by atoms with van der Waals surface area (Å²) in [7, 11) is 2.83. The van der Waals surface area contributed by atoms with Gasteiger partial charge >= 0.3 is 0 Å². The summed E-state index contributed by atoms with van der Waals surface area (Å²) in [5, 5.41) is 65.0. The lowest BCUT2D eigenvalue weighted by molar-refractivity contribution is -0.369. The molecule has 15 heteroatoms. The Morgan fingerprint density at radius 2 is 1.87 bits per heavy atom. The summed E-state index contributed by atoms with van der Waals surface area (Å²) in [6.07, 6.45) is -8.27. The molecule has 3 saturated heterocycles. The molecule has 2 aromatic rings. The van der Waals surface area contributed by atoms with Crippen LogP contribution in [0.3, 0.4) is 0 Å². The molecule has 4 aliphatic heterocycles. The fourth-order valence-electron chi connectivity index (χ4n) is 7.69. The molecule has 6 N–H and O–H groups in total. The molecule has 2 bridgehead atoms. The monoisotopic (exact) mass is 698 g/mol. The number of hydrogen-bond donors (Lipinski definition) is 6. The van der Waals surface area contributed by atoms with Crippen LogP contribution in [-0.4, -0.2) is 123 Å². The fraction of sp³-hybridized carbons (Fsp3) is 0.633. The van der Waals surface area contributed by atoms with Gasteiger partial charge in [-0.15, -0.1) is 0 Å². The number of aliphatic hydroxyl groups is 5. The third-order valence-electron chi connectivity index (χ3n) is 9.95. The number of halogens is 1. The molecular formula is C30H35BrO14. The van der Waals surface area contributed by atoms with Crippen molar-refractivity contribution in [1.82, 2.24) is 0 Å². The van der Waals surface area contributed by atoms with Crippen molar-refractivity contribution < 1.29 is 68.6 Å². The molecule has 0 aromatic heterocycles. The summed E-state index contributed by atoms with van der Waals surface area (Å²) in [6.45, 7) is 0.601. The Morgan fingerprint density at radius 3 is 2.53 bits per heavy atom. The first kappa shape index (κ1) is 31.4. The molecule has 7 rings (SSSR count). The van der Waals surface area contributed by atoms with Crippen molar-refractivity contribution in [2.45, 2.75) is 86.3 Å². The van der Waals surface area contributed by atoms with E-state index in [1.165, 1.54) is 14.2 Å². The maximum absolute atomic E-state index is 13.1. The molecule has 1 aliphatic carbocycles. The van der Waals surface area contributed by atoms with Gasteiger partial charge < -0.3 is 63.8 Å². The minimum Gasteiger partial charge on any atom is -0.506 e. The second kappa shape index (κ2) is 10.7. The van der Waals surface area contributed by atoms with Gasteiger partial charge in [0.1, 0.15) is 54.4 Å². The van der Waals surface area contributed by atoms with Crippen molar-refractivity contribution in [3.05, 3.63) is 28.3 Å². The zero-order chi connectivity index (χ0) is 32.2. The molecule has 8 unspecified atom stereocenters. The number of alkyl halides is 1. The van der Waals surface area contributed by atoms with Gasteiger partial charge in [-0.3, -0.25) is 4.79 Å². The molecule has 0 radical (unpaired) electrons. The van der Waals surface area contributed by atoms with Gasteiger partial charge in [0.25, 0.3) is 5.79 Å². The highest BCUT2D eigenvalue weighted by atomic mass is 79.9. The summed E-state index contributed by atoms with van der Waals surface area (Å²) in [5.74, 6) is -3.81.